The highest BCUT2D eigenvalue weighted by atomic mass is 16.5. The lowest BCUT2D eigenvalue weighted by Gasteiger charge is -2.08. The second-order valence-corrected chi connectivity index (χ2v) is 4.00. The van der Waals surface area contributed by atoms with E-state index in [1.807, 2.05) is 0 Å². The van der Waals surface area contributed by atoms with Crippen molar-refractivity contribution in [3.63, 3.8) is 0 Å². The normalized spacial score (nSPS) is 10.0. The molecule has 0 bridgehead atoms. The lowest BCUT2D eigenvalue weighted by molar-refractivity contribution is 0.102. The van der Waals surface area contributed by atoms with Gasteiger partial charge < -0.3 is 20.3 Å². The monoisotopic (exact) mass is 290 g/mol. The van der Waals surface area contributed by atoms with Gasteiger partial charge >= 0.3 is 0 Å². The average Bonchev–Trinajstić information content (AvgIpc) is 2.49. The lowest BCUT2D eigenvalue weighted by Crippen LogP contribution is -2.14. The van der Waals surface area contributed by atoms with Gasteiger partial charge in [-0.3, -0.25) is 10.1 Å². The van der Waals surface area contributed by atoms with Gasteiger partial charge in [-0.05, 0) is 18.2 Å². The summed E-state index contributed by atoms with van der Waals surface area (Å²) >= 11 is 0. The first-order valence-electron chi connectivity index (χ1n) is 5.90. The van der Waals surface area contributed by atoms with Crippen LogP contribution >= 0.6 is 0 Å². The van der Waals surface area contributed by atoms with E-state index < -0.39 is 5.91 Å². The number of aromatic hydroxyl groups is 1. The summed E-state index contributed by atoms with van der Waals surface area (Å²) in [6, 6.07) is 5.63. The number of phenolic OH excluding ortho intramolecular Hbond substituents is 1. The number of anilines is 2. The third kappa shape index (κ3) is 3.30. The molecule has 1 heterocycles. The maximum absolute atomic E-state index is 12.1. The van der Waals surface area contributed by atoms with Crippen molar-refractivity contribution < 1.29 is 19.4 Å². The summed E-state index contributed by atoms with van der Waals surface area (Å²) in [4.78, 5) is 20.0. The van der Waals surface area contributed by atoms with Crippen molar-refractivity contribution in [2.75, 3.05) is 25.3 Å². The number of phenols is 1. The quantitative estimate of drug-likeness (QED) is 0.568. The fourth-order valence-corrected chi connectivity index (χ4v) is 1.53. The van der Waals surface area contributed by atoms with Gasteiger partial charge in [-0.2, -0.15) is 9.97 Å². The highest BCUT2D eigenvalue weighted by Gasteiger charge is 2.12. The average molecular weight is 290 g/mol. The van der Waals surface area contributed by atoms with Crippen LogP contribution in [-0.2, 0) is 0 Å². The Morgan fingerprint density at radius 2 is 1.81 bits per heavy atom. The first-order chi connectivity index (χ1) is 10.0. The second kappa shape index (κ2) is 5.95. The van der Waals surface area contributed by atoms with Gasteiger partial charge in [0.2, 0.25) is 17.7 Å². The Balaban J connectivity index is 2.24. The predicted octanol–water partition coefficient (Wildman–Crippen LogP) is 1.03. The largest absolute Gasteiger partial charge is 0.506 e. The Morgan fingerprint density at radius 3 is 2.33 bits per heavy atom. The van der Waals surface area contributed by atoms with Crippen LogP contribution in [0.15, 0.2) is 24.3 Å². The predicted molar refractivity (Wildman–Crippen MR) is 75.6 cm³/mol. The number of amides is 1. The van der Waals surface area contributed by atoms with Gasteiger partial charge in [-0.25, -0.2) is 0 Å². The van der Waals surface area contributed by atoms with Crippen LogP contribution in [0.5, 0.6) is 17.5 Å². The topological polar surface area (TPSA) is 120 Å². The molecule has 1 aromatic heterocycles. The number of ether oxygens (including phenoxy) is 2. The van der Waals surface area contributed by atoms with Gasteiger partial charge in [-0.15, -0.1) is 0 Å². The minimum Gasteiger partial charge on any atom is -0.506 e. The molecule has 1 amide bonds. The summed E-state index contributed by atoms with van der Waals surface area (Å²) in [6.45, 7) is 0. The van der Waals surface area contributed by atoms with Crippen LogP contribution in [0.3, 0.4) is 0 Å². The van der Waals surface area contributed by atoms with E-state index in [-0.39, 0.29) is 34.7 Å². The van der Waals surface area contributed by atoms with Crippen LogP contribution in [0.25, 0.3) is 0 Å². The molecule has 1 aromatic carbocycles. The van der Waals surface area contributed by atoms with E-state index in [1.165, 1.54) is 38.5 Å². The van der Waals surface area contributed by atoms with Crippen molar-refractivity contribution in [1.82, 2.24) is 9.97 Å². The molecule has 0 fully saturated rings. The van der Waals surface area contributed by atoms with Crippen LogP contribution < -0.4 is 20.5 Å². The van der Waals surface area contributed by atoms with E-state index in [4.69, 9.17) is 15.2 Å². The molecule has 0 aliphatic rings. The first-order valence-corrected chi connectivity index (χ1v) is 5.90. The molecule has 0 aliphatic heterocycles. The van der Waals surface area contributed by atoms with Gasteiger partial charge in [0.15, 0.2) is 0 Å². The van der Waals surface area contributed by atoms with E-state index in [0.717, 1.165) is 0 Å². The summed E-state index contributed by atoms with van der Waals surface area (Å²) in [5, 5.41) is 12.0. The zero-order valence-corrected chi connectivity index (χ0v) is 11.5. The Hall–Kier alpha value is -3.03. The molecular weight excluding hydrogens is 276 g/mol. The standard InChI is InChI=1S/C13H14N4O4/c1-20-10-6-11(21-2)16-13(15-10)17-12(19)7-3-4-8(14)9(18)5-7/h3-6,18H,14H2,1-2H3,(H,15,16,17,19). The van der Waals surface area contributed by atoms with Gasteiger partial charge in [0.1, 0.15) is 5.75 Å². The van der Waals surface area contributed by atoms with Crippen LogP contribution in [0.1, 0.15) is 10.4 Å². The number of hydrogen-bond donors (Lipinski definition) is 3. The van der Waals surface area contributed by atoms with Crippen molar-refractivity contribution in [1.29, 1.82) is 0 Å². The Bertz CT molecular complexity index is 653. The number of rotatable bonds is 4. The molecule has 8 nitrogen and oxygen atoms in total. The van der Waals surface area contributed by atoms with Crippen molar-refractivity contribution >= 4 is 17.5 Å². The maximum Gasteiger partial charge on any atom is 0.258 e. The number of nitrogen functional groups attached to an aromatic ring is 1. The van der Waals surface area contributed by atoms with E-state index in [9.17, 15) is 9.90 Å². The fourth-order valence-electron chi connectivity index (χ4n) is 1.53. The number of nitrogens with zero attached hydrogens (tertiary/aromatic N) is 2. The van der Waals surface area contributed by atoms with Crippen molar-refractivity contribution in [2.24, 2.45) is 0 Å². The van der Waals surface area contributed by atoms with Crippen molar-refractivity contribution in [2.45, 2.75) is 0 Å². The number of nitrogens with one attached hydrogen (secondary N) is 1. The summed E-state index contributed by atoms with van der Waals surface area (Å²) in [7, 11) is 2.87. The number of nitrogens with two attached hydrogens (primary N) is 1. The van der Waals surface area contributed by atoms with Crippen LogP contribution in [0, 0.1) is 0 Å². The number of carbonyl (C=O) groups is 1. The number of methoxy groups -OCH3 is 2. The Kier molecular flexibility index (Phi) is 4.07. The van der Waals surface area contributed by atoms with Crippen LogP contribution in [-0.4, -0.2) is 35.2 Å². The molecule has 0 saturated heterocycles. The number of carbonyl (C=O) groups excluding carboxylic acids is 1. The zero-order chi connectivity index (χ0) is 15.4. The minimum absolute atomic E-state index is 0.0208. The molecule has 0 spiro atoms. The molecule has 0 atom stereocenters. The van der Waals surface area contributed by atoms with E-state index in [1.54, 1.807) is 0 Å². The van der Waals surface area contributed by atoms with E-state index in [0.29, 0.717) is 0 Å². The summed E-state index contributed by atoms with van der Waals surface area (Å²) in [6.07, 6.45) is 0. The summed E-state index contributed by atoms with van der Waals surface area (Å²) in [5.74, 6) is -0.158. The van der Waals surface area contributed by atoms with Crippen LogP contribution in [0.4, 0.5) is 11.6 Å². The van der Waals surface area contributed by atoms with Crippen molar-refractivity contribution in [3.8, 4) is 17.5 Å². The molecule has 110 valence electrons. The molecule has 8 heteroatoms. The fraction of sp³-hybridized carbons (Fsp3) is 0.154. The van der Waals surface area contributed by atoms with Gasteiger partial charge in [0.05, 0.1) is 26.0 Å². The molecule has 0 radical (unpaired) electrons. The number of hydrogen-bond acceptors (Lipinski definition) is 7. The number of benzene rings is 1. The first kappa shape index (κ1) is 14.4. The van der Waals surface area contributed by atoms with Gasteiger partial charge in [0, 0.05) is 5.56 Å². The molecule has 2 rings (SSSR count). The molecular formula is C13H14N4O4. The zero-order valence-electron chi connectivity index (χ0n) is 11.5. The molecule has 2 aromatic rings. The second-order valence-electron chi connectivity index (χ2n) is 4.00. The summed E-state index contributed by atoms with van der Waals surface area (Å²) < 4.78 is 9.96. The Morgan fingerprint density at radius 1 is 1.19 bits per heavy atom. The lowest BCUT2D eigenvalue weighted by atomic mass is 10.2. The third-order valence-electron chi connectivity index (χ3n) is 2.62. The van der Waals surface area contributed by atoms with Crippen molar-refractivity contribution in [3.05, 3.63) is 29.8 Å². The number of aromatic nitrogens is 2. The SMILES string of the molecule is COc1cc(OC)nc(NC(=O)c2ccc(N)c(O)c2)n1. The smallest absolute Gasteiger partial charge is 0.258 e. The minimum atomic E-state index is -0.499. The highest BCUT2D eigenvalue weighted by Crippen LogP contribution is 2.22. The van der Waals surface area contributed by atoms with Gasteiger partial charge in [-0.1, -0.05) is 0 Å². The van der Waals surface area contributed by atoms with Crippen LogP contribution in [0.2, 0.25) is 0 Å². The van der Waals surface area contributed by atoms with E-state index >= 15 is 0 Å². The Labute approximate surface area is 120 Å². The third-order valence-corrected chi connectivity index (χ3v) is 2.62. The molecule has 21 heavy (non-hydrogen) atoms. The van der Waals surface area contributed by atoms with Gasteiger partial charge in [0.25, 0.3) is 5.91 Å². The molecule has 4 N–H and O–H groups in total. The molecule has 0 saturated carbocycles. The van der Waals surface area contributed by atoms with E-state index in [2.05, 4.69) is 15.3 Å². The summed E-state index contributed by atoms with van der Waals surface area (Å²) in [5.41, 5.74) is 5.88. The highest BCUT2D eigenvalue weighted by molar-refractivity contribution is 6.03. The molecule has 0 aliphatic carbocycles. The maximum atomic E-state index is 12.1. The molecule has 0 unspecified atom stereocenters.